The minimum Gasteiger partial charge on any atom is -0.203 e. The molecule has 0 bridgehead atoms. The number of nitriles is 1. The highest BCUT2D eigenvalue weighted by Crippen LogP contribution is 1.89. The Kier molecular flexibility index (Phi) is 2.94. The van der Waals surface area contributed by atoms with Crippen LogP contribution in [0.4, 0.5) is 0 Å². The van der Waals surface area contributed by atoms with E-state index in [1.54, 1.807) is 6.07 Å². The second-order valence-corrected chi connectivity index (χ2v) is 2.61. The first-order chi connectivity index (χ1) is 5.36. The van der Waals surface area contributed by atoms with Crippen molar-refractivity contribution >= 4 is 12.6 Å². The molecule has 0 fully saturated rings. The number of aryl methyl sites for hydroxylation is 1. The topological polar surface area (TPSA) is 27.7 Å². The van der Waals surface area contributed by atoms with Crippen LogP contribution in [0, 0.1) is 11.3 Å². The lowest BCUT2D eigenvalue weighted by molar-refractivity contribution is -0.692. The number of rotatable bonds is 2. The van der Waals surface area contributed by atoms with Crippen LogP contribution in [0.1, 0.15) is 5.56 Å². The molecule has 11 heavy (non-hydrogen) atoms. The molecule has 0 radical (unpaired) electrons. The van der Waals surface area contributed by atoms with Crippen LogP contribution in [-0.4, -0.2) is 5.75 Å². The Balaban J connectivity index is 2.85. The molecule has 1 heterocycles. The van der Waals surface area contributed by atoms with E-state index in [1.807, 2.05) is 23.0 Å². The Morgan fingerprint density at radius 2 is 2.45 bits per heavy atom. The fourth-order valence-electron chi connectivity index (χ4n) is 0.843. The second-order valence-electron chi connectivity index (χ2n) is 2.17. The zero-order chi connectivity index (χ0) is 8.10. The number of thiol groups is 1. The molecule has 0 aliphatic heterocycles. The van der Waals surface area contributed by atoms with Gasteiger partial charge in [-0.3, -0.25) is 0 Å². The number of pyridine rings is 1. The quantitative estimate of drug-likeness (QED) is 0.509. The smallest absolute Gasteiger partial charge is 0.186 e. The first kappa shape index (κ1) is 8.09. The predicted molar refractivity (Wildman–Crippen MR) is 45.2 cm³/mol. The van der Waals surface area contributed by atoms with Crippen LogP contribution in [0.15, 0.2) is 24.5 Å². The van der Waals surface area contributed by atoms with Gasteiger partial charge in [-0.15, -0.1) is 0 Å². The fourth-order valence-corrected chi connectivity index (χ4v) is 1.07. The Labute approximate surface area is 71.5 Å². The maximum Gasteiger partial charge on any atom is 0.186 e. The summed E-state index contributed by atoms with van der Waals surface area (Å²) in [6.07, 6.45) is 3.74. The summed E-state index contributed by atoms with van der Waals surface area (Å²) in [4.78, 5) is 0. The summed E-state index contributed by atoms with van der Waals surface area (Å²) in [5.41, 5.74) is 0.689. The van der Waals surface area contributed by atoms with Gasteiger partial charge in [-0.25, -0.2) is 4.57 Å². The van der Waals surface area contributed by atoms with Crippen LogP contribution < -0.4 is 4.57 Å². The number of nitrogens with zero attached hydrogens (tertiary/aromatic N) is 2. The van der Waals surface area contributed by atoms with E-state index < -0.39 is 0 Å². The molecule has 0 aromatic carbocycles. The van der Waals surface area contributed by atoms with Crippen LogP contribution in [0.25, 0.3) is 0 Å². The summed E-state index contributed by atoms with van der Waals surface area (Å²) in [7, 11) is 0. The Bertz CT molecular complexity index is 278. The fraction of sp³-hybridized carbons (Fsp3) is 0.250. The average molecular weight is 165 g/mol. The average Bonchev–Trinajstić information content (AvgIpc) is 2.06. The molecule has 0 saturated heterocycles. The van der Waals surface area contributed by atoms with Gasteiger partial charge in [0.05, 0.1) is 0 Å². The molecule has 1 aromatic heterocycles. The molecule has 0 aliphatic carbocycles. The first-order valence-electron chi connectivity index (χ1n) is 3.37. The Hall–Kier alpha value is -1.01. The van der Waals surface area contributed by atoms with Crippen molar-refractivity contribution in [1.29, 1.82) is 5.26 Å². The minimum absolute atomic E-state index is 0.689. The number of hydrogen-bond acceptors (Lipinski definition) is 2. The first-order valence-corrected chi connectivity index (χ1v) is 4.00. The molecule has 1 rings (SSSR count). The van der Waals surface area contributed by atoms with Crippen molar-refractivity contribution in [3.63, 3.8) is 0 Å². The van der Waals surface area contributed by atoms with Crippen molar-refractivity contribution in [2.75, 3.05) is 5.75 Å². The molecule has 0 amide bonds. The summed E-state index contributed by atoms with van der Waals surface area (Å²) in [5, 5.41) is 8.55. The summed E-state index contributed by atoms with van der Waals surface area (Å²) in [6, 6.07) is 5.73. The molecule has 56 valence electrons. The number of hydrogen-bond donors (Lipinski definition) is 1. The molecule has 3 heteroatoms. The predicted octanol–water partition coefficient (Wildman–Crippen LogP) is 0.776. The third kappa shape index (κ3) is 2.24. The lowest BCUT2D eigenvalue weighted by Gasteiger charge is -1.91. The van der Waals surface area contributed by atoms with Gasteiger partial charge in [0, 0.05) is 11.8 Å². The monoisotopic (exact) mass is 165 g/mol. The minimum atomic E-state index is 0.689. The van der Waals surface area contributed by atoms with Crippen molar-refractivity contribution in [2.45, 2.75) is 6.54 Å². The zero-order valence-corrected chi connectivity index (χ0v) is 6.96. The largest absolute Gasteiger partial charge is 0.203 e. The maximum absolute atomic E-state index is 8.55. The number of aromatic nitrogens is 1. The lowest BCUT2D eigenvalue weighted by Crippen LogP contribution is -2.33. The Morgan fingerprint density at radius 1 is 1.64 bits per heavy atom. The van der Waals surface area contributed by atoms with Gasteiger partial charge < -0.3 is 0 Å². The van der Waals surface area contributed by atoms with E-state index in [0.29, 0.717) is 5.56 Å². The molecule has 0 atom stereocenters. The van der Waals surface area contributed by atoms with Gasteiger partial charge in [0.1, 0.15) is 11.6 Å². The van der Waals surface area contributed by atoms with Crippen LogP contribution in [-0.2, 0) is 6.54 Å². The maximum atomic E-state index is 8.55. The second kappa shape index (κ2) is 3.99. The summed E-state index contributed by atoms with van der Waals surface area (Å²) >= 11 is 4.09. The third-order valence-electron chi connectivity index (χ3n) is 1.35. The van der Waals surface area contributed by atoms with E-state index >= 15 is 0 Å². The van der Waals surface area contributed by atoms with Gasteiger partial charge in [0.25, 0.3) is 0 Å². The molecule has 0 saturated carbocycles. The van der Waals surface area contributed by atoms with E-state index in [4.69, 9.17) is 5.26 Å². The van der Waals surface area contributed by atoms with Crippen molar-refractivity contribution in [1.82, 2.24) is 0 Å². The standard InChI is InChI=1S/C8H8N2S/c9-6-8-2-1-3-10(7-8)4-5-11/h1-3,7H,4-5H2/p+1. The van der Waals surface area contributed by atoms with E-state index in [0.717, 1.165) is 12.3 Å². The summed E-state index contributed by atoms with van der Waals surface area (Å²) < 4.78 is 1.95. The van der Waals surface area contributed by atoms with Crippen LogP contribution in [0.5, 0.6) is 0 Å². The van der Waals surface area contributed by atoms with Gasteiger partial charge >= 0.3 is 0 Å². The summed E-state index contributed by atoms with van der Waals surface area (Å²) in [6.45, 7) is 0.846. The van der Waals surface area contributed by atoms with Gasteiger partial charge in [-0.05, 0) is 6.07 Å². The molecule has 2 nitrogen and oxygen atoms in total. The van der Waals surface area contributed by atoms with E-state index in [9.17, 15) is 0 Å². The molecule has 0 spiro atoms. The highest BCUT2D eigenvalue weighted by atomic mass is 32.1. The zero-order valence-electron chi connectivity index (χ0n) is 6.07. The van der Waals surface area contributed by atoms with Gasteiger partial charge in [0.15, 0.2) is 18.9 Å². The molecule has 0 unspecified atom stereocenters. The van der Waals surface area contributed by atoms with E-state index in [1.165, 1.54) is 0 Å². The third-order valence-corrected chi connectivity index (χ3v) is 1.55. The van der Waals surface area contributed by atoms with Crippen molar-refractivity contribution < 1.29 is 4.57 Å². The van der Waals surface area contributed by atoms with Gasteiger partial charge in [-0.2, -0.15) is 17.9 Å². The highest BCUT2D eigenvalue weighted by molar-refractivity contribution is 7.80. The SMILES string of the molecule is N#Cc1ccc[n+](CCS)c1. The molecule has 0 N–H and O–H groups in total. The molecular formula is C8H9N2S+. The highest BCUT2D eigenvalue weighted by Gasteiger charge is 1.98. The Morgan fingerprint density at radius 3 is 3.09 bits per heavy atom. The lowest BCUT2D eigenvalue weighted by atomic mass is 10.3. The molecular weight excluding hydrogens is 156 g/mol. The van der Waals surface area contributed by atoms with Crippen molar-refractivity contribution in [3.8, 4) is 6.07 Å². The van der Waals surface area contributed by atoms with E-state index in [-0.39, 0.29) is 0 Å². The van der Waals surface area contributed by atoms with Crippen molar-refractivity contribution in [2.24, 2.45) is 0 Å². The van der Waals surface area contributed by atoms with Crippen molar-refractivity contribution in [3.05, 3.63) is 30.1 Å². The van der Waals surface area contributed by atoms with Crippen LogP contribution >= 0.6 is 12.6 Å². The molecule has 1 aromatic rings. The normalized spacial score (nSPS) is 9.09. The van der Waals surface area contributed by atoms with Crippen LogP contribution in [0.3, 0.4) is 0 Å². The van der Waals surface area contributed by atoms with E-state index in [2.05, 4.69) is 18.7 Å². The van der Waals surface area contributed by atoms with Gasteiger partial charge in [-0.1, -0.05) is 0 Å². The summed E-state index contributed by atoms with van der Waals surface area (Å²) in [5.74, 6) is 0.791. The molecule has 0 aliphatic rings. The van der Waals surface area contributed by atoms with Gasteiger partial charge in [0.2, 0.25) is 0 Å². The van der Waals surface area contributed by atoms with Crippen LogP contribution in [0.2, 0.25) is 0 Å².